The number of hydrogen-bond acceptors (Lipinski definition) is 3. The molecule has 7 heteroatoms. The van der Waals surface area contributed by atoms with Crippen LogP contribution >= 0.6 is 0 Å². The summed E-state index contributed by atoms with van der Waals surface area (Å²) in [4.78, 5) is 13.4. The second kappa shape index (κ2) is 8.22. The lowest BCUT2D eigenvalue weighted by Gasteiger charge is -2.38. The predicted octanol–water partition coefficient (Wildman–Crippen LogP) is 4.60. The number of methoxy groups -OCH3 is 1. The van der Waals surface area contributed by atoms with Crippen molar-refractivity contribution in [2.75, 3.05) is 20.2 Å². The monoisotopic (exact) mass is 393 g/mol. The Morgan fingerprint density at radius 3 is 2.50 bits per heavy atom. The third-order valence-corrected chi connectivity index (χ3v) is 5.11. The summed E-state index contributed by atoms with van der Waals surface area (Å²) in [5, 5.41) is 9.42. The van der Waals surface area contributed by atoms with Gasteiger partial charge in [0.05, 0.1) is 24.6 Å². The molecule has 2 aromatic carbocycles. The number of aliphatic carboxylic acids is 1. The van der Waals surface area contributed by atoms with Gasteiger partial charge in [0.1, 0.15) is 5.75 Å². The van der Waals surface area contributed by atoms with Gasteiger partial charge in [0, 0.05) is 6.54 Å². The van der Waals surface area contributed by atoms with Crippen molar-refractivity contribution in [3.05, 3.63) is 65.2 Å². The van der Waals surface area contributed by atoms with E-state index in [4.69, 9.17) is 4.74 Å². The molecule has 0 spiro atoms. The number of nitrogens with zero attached hydrogens (tertiary/aromatic N) is 1. The van der Waals surface area contributed by atoms with Crippen molar-refractivity contribution in [2.45, 2.75) is 25.1 Å². The van der Waals surface area contributed by atoms with Gasteiger partial charge in [0.25, 0.3) is 0 Å². The Balaban J connectivity index is 2.05. The van der Waals surface area contributed by atoms with Crippen LogP contribution in [-0.4, -0.2) is 36.2 Å². The number of halogens is 3. The molecule has 0 bridgehead atoms. The highest BCUT2D eigenvalue weighted by Gasteiger charge is 2.34. The molecule has 1 N–H and O–H groups in total. The summed E-state index contributed by atoms with van der Waals surface area (Å²) in [5.41, 5.74) is 0.531. The largest absolute Gasteiger partial charge is 0.497 e. The van der Waals surface area contributed by atoms with Crippen LogP contribution in [0.5, 0.6) is 5.75 Å². The number of carboxylic acid groups (broad SMARTS) is 1. The molecule has 3 rings (SSSR count). The van der Waals surface area contributed by atoms with Crippen LogP contribution in [-0.2, 0) is 11.0 Å². The summed E-state index contributed by atoms with van der Waals surface area (Å²) in [6.07, 6.45) is -3.20. The fourth-order valence-corrected chi connectivity index (χ4v) is 3.75. The summed E-state index contributed by atoms with van der Waals surface area (Å²) in [5.74, 6) is -0.813. The first kappa shape index (κ1) is 20.2. The lowest BCUT2D eigenvalue weighted by atomic mass is 9.90. The molecule has 1 aliphatic heterocycles. The maximum absolute atomic E-state index is 13.3. The van der Waals surface area contributed by atoms with Crippen molar-refractivity contribution < 1.29 is 27.8 Å². The topological polar surface area (TPSA) is 49.8 Å². The minimum Gasteiger partial charge on any atom is -0.497 e. The van der Waals surface area contributed by atoms with E-state index in [2.05, 4.69) is 0 Å². The fraction of sp³-hybridized carbons (Fsp3) is 0.381. The Morgan fingerprint density at radius 2 is 1.86 bits per heavy atom. The number of rotatable bonds is 5. The highest BCUT2D eigenvalue weighted by Crippen LogP contribution is 2.37. The number of alkyl halides is 3. The van der Waals surface area contributed by atoms with Gasteiger partial charge < -0.3 is 9.84 Å². The van der Waals surface area contributed by atoms with Gasteiger partial charge in [0.15, 0.2) is 0 Å². The minimum atomic E-state index is -4.44. The molecule has 28 heavy (non-hydrogen) atoms. The first-order valence-electron chi connectivity index (χ1n) is 9.07. The molecule has 0 aliphatic carbocycles. The molecule has 2 aromatic rings. The molecular weight excluding hydrogens is 371 g/mol. The van der Waals surface area contributed by atoms with Gasteiger partial charge in [-0.2, -0.15) is 13.2 Å². The zero-order chi connectivity index (χ0) is 20.3. The van der Waals surface area contributed by atoms with Gasteiger partial charge in [-0.3, -0.25) is 9.69 Å². The van der Waals surface area contributed by atoms with E-state index in [9.17, 15) is 23.1 Å². The van der Waals surface area contributed by atoms with Gasteiger partial charge in [0.2, 0.25) is 0 Å². The summed E-state index contributed by atoms with van der Waals surface area (Å²) in [6.45, 7) is 0.898. The molecule has 2 atom stereocenters. The van der Waals surface area contributed by atoms with Crippen LogP contribution in [0.3, 0.4) is 0 Å². The standard InChI is InChI=1S/C21H22F3NO3/c1-28-18-9-3-6-15(12-18)19(25-10-4-7-16(13-25)20(26)27)14-5-2-8-17(11-14)21(22,23)24/h2-3,5-6,8-9,11-12,16,19H,4,7,10,13H2,1H3,(H,26,27). The number of benzene rings is 2. The van der Waals surface area contributed by atoms with E-state index in [0.717, 1.165) is 17.7 Å². The molecule has 4 nitrogen and oxygen atoms in total. The molecule has 0 amide bonds. The van der Waals surface area contributed by atoms with Crippen LogP contribution in [0.25, 0.3) is 0 Å². The number of hydrogen-bond donors (Lipinski definition) is 1. The third-order valence-electron chi connectivity index (χ3n) is 5.11. The summed E-state index contributed by atoms with van der Waals surface area (Å²) < 4.78 is 45.0. The van der Waals surface area contributed by atoms with Crippen molar-refractivity contribution in [1.29, 1.82) is 0 Å². The lowest BCUT2D eigenvalue weighted by molar-refractivity contribution is -0.143. The number of carboxylic acids is 1. The third kappa shape index (κ3) is 4.47. The van der Waals surface area contributed by atoms with Gasteiger partial charge in [-0.15, -0.1) is 0 Å². The molecule has 1 aliphatic rings. The van der Waals surface area contributed by atoms with E-state index < -0.39 is 29.7 Å². The Bertz CT molecular complexity index is 838. The Hall–Kier alpha value is -2.54. The smallest absolute Gasteiger partial charge is 0.416 e. The van der Waals surface area contributed by atoms with Crippen LogP contribution in [0, 0.1) is 5.92 Å². The normalized spacial score (nSPS) is 19.2. The number of carbonyl (C=O) groups is 1. The Kier molecular flexibility index (Phi) is 5.93. The molecule has 1 heterocycles. The molecule has 2 unspecified atom stereocenters. The predicted molar refractivity (Wildman–Crippen MR) is 98.2 cm³/mol. The van der Waals surface area contributed by atoms with Gasteiger partial charge in [-0.1, -0.05) is 24.3 Å². The second-order valence-electron chi connectivity index (χ2n) is 6.97. The summed E-state index contributed by atoms with van der Waals surface area (Å²) in [7, 11) is 1.53. The quantitative estimate of drug-likeness (QED) is 0.807. The second-order valence-corrected chi connectivity index (χ2v) is 6.97. The first-order valence-corrected chi connectivity index (χ1v) is 9.07. The van der Waals surface area contributed by atoms with E-state index in [1.54, 1.807) is 24.3 Å². The van der Waals surface area contributed by atoms with Crippen LogP contribution < -0.4 is 4.74 Å². The fourth-order valence-electron chi connectivity index (χ4n) is 3.75. The van der Waals surface area contributed by atoms with Crippen molar-refractivity contribution in [1.82, 2.24) is 4.90 Å². The van der Waals surface area contributed by atoms with E-state index >= 15 is 0 Å². The minimum absolute atomic E-state index is 0.285. The van der Waals surface area contributed by atoms with E-state index in [0.29, 0.717) is 30.7 Å². The Labute approximate surface area is 161 Å². The summed E-state index contributed by atoms with van der Waals surface area (Å²) >= 11 is 0. The zero-order valence-electron chi connectivity index (χ0n) is 15.4. The van der Waals surface area contributed by atoms with Gasteiger partial charge in [-0.05, 0) is 54.8 Å². The van der Waals surface area contributed by atoms with E-state index in [-0.39, 0.29) is 6.54 Å². The molecule has 0 saturated carbocycles. The molecular formula is C21H22F3NO3. The van der Waals surface area contributed by atoms with Crippen LogP contribution in [0.15, 0.2) is 48.5 Å². The SMILES string of the molecule is COc1cccc(C(c2cccc(C(F)(F)F)c2)N2CCCC(C(=O)O)C2)c1. The van der Waals surface area contributed by atoms with E-state index in [1.807, 2.05) is 11.0 Å². The highest BCUT2D eigenvalue weighted by molar-refractivity contribution is 5.70. The zero-order valence-corrected chi connectivity index (χ0v) is 15.4. The van der Waals surface area contributed by atoms with Gasteiger partial charge >= 0.3 is 12.1 Å². The first-order chi connectivity index (χ1) is 13.3. The van der Waals surface area contributed by atoms with Crippen LogP contribution in [0.2, 0.25) is 0 Å². The maximum atomic E-state index is 13.3. The van der Waals surface area contributed by atoms with Crippen molar-refractivity contribution >= 4 is 5.97 Å². The highest BCUT2D eigenvalue weighted by atomic mass is 19.4. The average molecular weight is 393 g/mol. The molecule has 150 valence electrons. The van der Waals surface area contributed by atoms with E-state index in [1.165, 1.54) is 13.2 Å². The molecule has 1 saturated heterocycles. The number of ether oxygens (including phenoxy) is 1. The summed E-state index contributed by atoms with van der Waals surface area (Å²) in [6, 6.07) is 11.9. The van der Waals surface area contributed by atoms with Gasteiger partial charge in [-0.25, -0.2) is 0 Å². The lowest BCUT2D eigenvalue weighted by Crippen LogP contribution is -2.41. The van der Waals surface area contributed by atoms with Crippen molar-refractivity contribution in [2.24, 2.45) is 5.92 Å². The maximum Gasteiger partial charge on any atom is 0.416 e. The average Bonchev–Trinajstić information content (AvgIpc) is 2.68. The van der Waals surface area contributed by atoms with Crippen molar-refractivity contribution in [3.63, 3.8) is 0 Å². The number of piperidine rings is 1. The molecule has 1 fully saturated rings. The molecule has 0 radical (unpaired) electrons. The Morgan fingerprint density at radius 1 is 1.18 bits per heavy atom. The van der Waals surface area contributed by atoms with Crippen molar-refractivity contribution in [3.8, 4) is 5.75 Å². The van der Waals surface area contributed by atoms with Crippen LogP contribution in [0.4, 0.5) is 13.2 Å². The number of likely N-dealkylation sites (tertiary alicyclic amines) is 1. The molecule has 0 aromatic heterocycles. The van der Waals surface area contributed by atoms with Crippen LogP contribution in [0.1, 0.15) is 35.6 Å².